The zero-order valence-corrected chi connectivity index (χ0v) is 10.0. The molecule has 1 aromatic heterocycles. The van der Waals surface area contributed by atoms with Crippen LogP contribution < -0.4 is 10.5 Å². The largest absolute Gasteiger partial charge is 0.573 e. The Morgan fingerprint density at radius 3 is 2.20 bits per heavy atom. The van der Waals surface area contributed by atoms with Crippen LogP contribution in [-0.2, 0) is 12.7 Å². The van der Waals surface area contributed by atoms with Crippen molar-refractivity contribution in [3.05, 3.63) is 23.0 Å². The minimum Gasteiger partial charge on any atom is -0.403 e. The fraction of sp³-hybridized carbons (Fsp3) is 0.333. The molecule has 0 bridgehead atoms. The van der Waals surface area contributed by atoms with Crippen molar-refractivity contribution < 1.29 is 35.9 Å². The molecule has 0 aliphatic heterocycles. The molecule has 0 aliphatic rings. The number of nitrogens with zero attached hydrogens (tertiary/aromatic N) is 1. The summed E-state index contributed by atoms with van der Waals surface area (Å²) in [6.07, 6.45) is -10.2. The van der Waals surface area contributed by atoms with Crippen molar-refractivity contribution in [3.8, 4) is 5.75 Å². The van der Waals surface area contributed by atoms with Gasteiger partial charge < -0.3 is 10.5 Å². The van der Waals surface area contributed by atoms with E-state index in [2.05, 4.69) is 9.72 Å². The van der Waals surface area contributed by atoms with E-state index in [0.717, 1.165) is 0 Å². The zero-order valence-electron chi connectivity index (χ0n) is 9.27. The van der Waals surface area contributed by atoms with Gasteiger partial charge in [0, 0.05) is 18.3 Å². The maximum Gasteiger partial charge on any atom is 0.573 e. The van der Waals surface area contributed by atoms with Crippen molar-refractivity contribution >= 4 is 16.8 Å². The van der Waals surface area contributed by atoms with Gasteiger partial charge in [0.25, 0.3) is 5.24 Å². The fourth-order valence-corrected chi connectivity index (χ4v) is 1.48. The molecule has 1 aromatic rings. The summed E-state index contributed by atoms with van der Waals surface area (Å²) in [5.74, 6) is -1.45. The van der Waals surface area contributed by atoms with Crippen LogP contribution in [0.15, 0.2) is 6.20 Å². The minimum atomic E-state index is -5.34. The van der Waals surface area contributed by atoms with Gasteiger partial charge in [0.15, 0.2) is 11.4 Å². The standard InChI is InChI=1S/C9H5ClF6N2O2/c10-7(19)5-6(20-9(14,15)16)3(1-17)4(2-18-5)8(11,12)13/h2H,1,17H2. The highest BCUT2D eigenvalue weighted by Crippen LogP contribution is 2.38. The van der Waals surface area contributed by atoms with Gasteiger partial charge >= 0.3 is 12.5 Å². The maximum absolute atomic E-state index is 12.6. The van der Waals surface area contributed by atoms with Crippen LogP contribution in [0.2, 0.25) is 0 Å². The molecule has 0 aliphatic carbocycles. The highest BCUT2D eigenvalue weighted by Gasteiger charge is 2.40. The first-order valence-corrected chi connectivity index (χ1v) is 5.10. The molecule has 0 aromatic carbocycles. The third-order valence-corrected chi connectivity index (χ3v) is 2.23. The molecule has 11 heteroatoms. The van der Waals surface area contributed by atoms with Crippen molar-refractivity contribution in [2.24, 2.45) is 5.73 Å². The Morgan fingerprint density at radius 2 is 1.85 bits per heavy atom. The molecule has 0 saturated carbocycles. The van der Waals surface area contributed by atoms with E-state index >= 15 is 0 Å². The van der Waals surface area contributed by atoms with Crippen LogP contribution >= 0.6 is 11.6 Å². The molecule has 0 atom stereocenters. The Balaban J connectivity index is 3.59. The fourth-order valence-electron chi connectivity index (χ4n) is 1.34. The normalized spacial score (nSPS) is 12.4. The lowest BCUT2D eigenvalue weighted by molar-refractivity contribution is -0.275. The lowest BCUT2D eigenvalue weighted by Crippen LogP contribution is -2.23. The van der Waals surface area contributed by atoms with E-state index < -0.39 is 46.9 Å². The number of carbonyl (C=O) groups excluding carboxylic acids is 1. The summed E-state index contributed by atoms with van der Waals surface area (Å²) >= 11 is 4.96. The van der Waals surface area contributed by atoms with Gasteiger partial charge in [-0.1, -0.05) is 0 Å². The molecular weight excluding hydrogens is 318 g/mol. The topological polar surface area (TPSA) is 65.2 Å². The molecule has 4 nitrogen and oxygen atoms in total. The summed E-state index contributed by atoms with van der Waals surface area (Å²) in [7, 11) is 0. The van der Waals surface area contributed by atoms with Crippen molar-refractivity contribution in [2.75, 3.05) is 0 Å². The predicted molar refractivity (Wildman–Crippen MR) is 54.0 cm³/mol. The molecule has 0 spiro atoms. The van der Waals surface area contributed by atoms with Crippen molar-refractivity contribution in [2.45, 2.75) is 19.1 Å². The first-order chi connectivity index (χ1) is 8.97. The van der Waals surface area contributed by atoms with Gasteiger partial charge in [0.05, 0.1) is 5.56 Å². The maximum atomic E-state index is 12.6. The molecule has 0 amide bonds. The second-order valence-electron chi connectivity index (χ2n) is 3.35. The number of alkyl halides is 6. The van der Waals surface area contributed by atoms with Crippen LogP contribution in [0.5, 0.6) is 5.75 Å². The molecule has 0 unspecified atom stereocenters. The third kappa shape index (κ3) is 3.73. The number of rotatable bonds is 3. The van der Waals surface area contributed by atoms with E-state index in [4.69, 9.17) is 17.3 Å². The lowest BCUT2D eigenvalue weighted by Gasteiger charge is -2.18. The first-order valence-electron chi connectivity index (χ1n) is 4.72. The first kappa shape index (κ1) is 16.5. The summed E-state index contributed by atoms with van der Waals surface area (Å²) in [5.41, 5.74) is 1.30. The van der Waals surface area contributed by atoms with E-state index in [1.54, 1.807) is 0 Å². The molecular formula is C9H5ClF6N2O2. The van der Waals surface area contributed by atoms with Crippen LogP contribution in [0.1, 0.15) is 21.6 Å². The summed E-state index contributed by atoms with van der Waals surface area (Å²) in [5, 5.41) is -1.51. The third-order valence-electron chi connectivity index (χ3n) is 2.05. The Labute approximate surface area is 112 Å². The number of aromatic nitrogens is 1. The average Bonchev–Trinajstić information content (AvgIpc) is 2.24. The van der Waals surface area contributed by atoms with Gasteiger partial charge in [0.2, 0.25) is 0 Å². The van der Waals surface area contributed by atoms with Crippen LogP contribution in [-0.4, -0.2) is 16.6 Å². The van der Waals surface area contributed by atoms with Gasteiger partial charge in [-0.15, -0.1) is 13.2 Å². The van der Waals surface area contributed by atoms with Gasteiger partial charge in [-0.25, -0.2) is 4.98 Å². The molecule has 1 heterocycles. The Morgan fingerprint density at radius 1 is 1.30 bits per heavy atom. The highest BCUT2D eigenvalue weighted by atomic mass is 35.5. The van der Waals surface area contributed by atoms with E-state index in [1.165, 1.54) is 0 Å². The summed E-state index contributed by atoms with van der Waals surface area (Å²) in [6, 6.07) is 0. The Bertz CT molecular complexity index is 528. The summed E-state index contributed by atoms with van der Waals surface area (Å²) in [4.78, 5) is 13.9. The second-order valence-corrected chi connectivity index (χ2v) is 3.69. The minimum absolute atomic E-state index is 0.168. The molecule has 0 fully saturated rings. The molecule has 20 heavy (non-hydrogen) atoms. The van der Waals surface area contributed by atoms with Crippen molar-refractivity contribution in [1.82, 2.24) is 4.98 Å². The smallest absolute Gasteiger partial charge is 0.403 e. The second kappa shape index (κ2) is 5.44. The molecule has 1 rings (SSSR count). The van der Waals surface area contributed by atoms with Crippen LogP contribution in [0.4, 0.5) is 26.3 Å². The Kier molecular flexibility index (Phi) is 4.49. The van der Waals surface area contributed by atoms with E-state index in [1.807, 2.05) is 0 Å². The average molecular weight is 323 g/mol. The highest BCUT2D eigenvalue weighted by molar-refractivity contribution is 6.67. The monoisotopic (exact) mass is 322 g/mol. The van der Waals surface area contributed by atoms with Crippen LogP contribution in [0, 0.1) is 0 Å². The molecule has 0 radical (unpaired) electrons. The van der Waals surface area contributed by atoms with E-state index in [9.17, 15) is 31.1 Å². The van der Waals surface area contributed by atoms with Crippen LogP contribution in [0.3, 0.4) is 0 Å². The quantitative estimate of drug-likeness (QED) is 0.686. The number of pyridine rings is 1. The van der Waals surface area contributed by atoms with Gasteiger partial charge in [-0.05, 0) is 11.6 Å². The number of hydrogen-bond acceptors (Lipinski definition) is 4. The van der Waals surface area contributed by atoms with E-state index in [0.29, 0.717) is 0 Å². The van der Waals surface area contributed by atoms with Gasteiger partial charge in [0.1, 0.15) is 0 Å². The summed E-state index contributed by atoms with van der Waals surface area (Å²) in [6.45, 7) is -0.958. The Hall–Kier alpha value is -1.55. The number of nitrogens with two attached hydrogens (primary N) is 1. The number of carbonyl (C=O) groups is 1. The van der Waals surface area contributed by atoms with Gasteiger partial charge in [-0.2, -0.15) is 13.2 Å². The predicted octanol–water partition coefficient (Wildman–Crippen LogP) is 2.84. The van der Waals surface area contributed by atoms with Crippen molar-refractivity contribution in [3.63, 3.8) is 0 Å². The number of hydrogen-bond donors (Lipinski definition) is 1. The van der Waals surface area contributed by atoms with Crippen LogP contribution in [0.25, 0.3) is 0 Å². The number of halogens is 7. The van der Waals surface area contributed by atoms with E-state index in [-0.39, 0.29) is 6.20 Å². The summed E-state index contributed by atoms with van der Waals surface area (Å²) < 4.78 is 77.9. The van der Waals surface area contributed by atoms with Gasteiger partial charge in [-0.3, -0.25) is 4.79 Å². The molecule has 0 saturated heterocycles. The lowest BCUT2D eigenvalue weighted by atomic mass is 10.1. The SMILES string of the molecule is NCc1c(C(F)(F)F)cnc(C(=O)Cl)c1OC(F)(F)F. The molecule has 2 N–H and O–H groups in total. The molecule has 112 valence electrons. The van der Waals surface area contributed by atoms with Crippen molar-refractivity contribution in [1.29, 1.82) is 0 Å². The number of ether oxygens (including phenoxy) is 1. The zero-order chi connectivity index (χ0) is 15.7.